The van der Waals surface area contributed by atoms with Crippen LogP contribution in [0.2, 0.25) is 5.02 Å². The number of halogens is 2. The Morgan fingerprint density at radius 3 is 2.79 bits per heavy atom. The zero-order valence-electron chi connectivity index (χ0n) is 10.1. The minimum absolute atomic E-state index is 0.0751. The second-order valence-electron chi connectivity index (χ2n) is 3.98. The van der Waals surface area contributed by atoms with Crippen LogP contribution in [0.3, 0.4) is 0 Å². The Morgan fingerprint density at radius 2 is 2.05 bits per heavy atom. The van der Waals surface area contributed by atoms with Crippen molar-refractivity contribution in [1.82, 2.24) is 10.3 Å². The molecule has 0 atom stereocenters. The van der Waals surface area contributed by atoms with E-state index < -0.39 is 5.95 Å². The molecule has 0 saturated heterocycles. The molecule has 0 aliphatic heterocycles. The lowest BCUT2D eigenvalue weighted by Crippen LogP contribution is -2.26. The van der Waals surface area contributed by atoms with E-state index in [1.807, 2.05) is 18.2 Å². The Bertz CT molecular complexity index is 589. The number of nitrogens with one attached hydrogen (secondary N) is 1. The first kappa shape index (κ1) is 13.5. The molecule has 0 spiro atoms. The van der Waals surface area contributed by atoms with Crippen molar-refractivity contribution in [2.75, 3.05) is 6.54 Å². The van der Waals surface area contributed by atoms with E-state index in [0.29, 0.717) is 18.0 Å². The van der Waals surface area contributed by atoms with Crippen LogP contribution < -0.4 is 5.32 Å². The Morgan fingerprint density at radius 1 is 1.26 bits per heavy atom. The Hall–Kier alpha value is -1.94. The molecule has 2 rings (SSSR count). The maximum absolute atomic E-state index is 12.9. The third-order valence-corrected chi connectivity index (χ3v) is 2.77. The van der Waals surface area contributed by atoms with Gasteiger partial charge >= 0.3 is 0 Å². The number of rotatable bonds is 4. The Labute approximate surface area is 115 Å². The van der Waals surface area contributed by atoms with Crippen LogP contribution >= 0.6 is 11.6 Å². The number of pyridine rings is 1. The summed E-state index contributed by atoms with van der Waals surface area (Å²) >= 11 is 5.86. The predicted molar refractivity (Wildman–Crippen MR) is 71.7 cm³/mol. The van der Waals surface area contributed by atoms with Gasteiger partial charge < -0.3 is 5.32 Å². The summed E-state index contributed by atoms with van der Waals surface area (Å²) in [5.41, 5.74) is 1.10. The zero-order valence-corrected chi connectivity index (χ0v) is 10.8. The van der Waals surface area contributed by atoms with Crippen molar-refractivity contribution < 1.29 is 9.18 Å². The van der Waals surface area contributed by atoms with Crippen molar-refractivity contribution in [3.8, 4) is 0 Å². The second kappa shape index (κ2) is 6.29. The van der Waals surface area contributed by atoms with Gasteiger partial charge in [-0.15, -0.1) is 0 Å². The van der Waals surface area contributed by atoms with Crippen molar-refractivity contribution >= 4 is 17.5 Å². The summed E-state index contributed by atoms with van der Waals surface area (Å²) in [6.45, 7) is 0.442. The maximum Gasteiger partial charge on any atom is 0.270 e. The molecule has 0 saturated carbocycles. The smallest absolute Gasteiger partial charge is 0.270 e. The van der Waals surface area contributed by atoms with Crippen LogP contribution in [0.15, 0.2) is 42.5 Å². The fraction of sp³-hybridized carbons (Fsp3) is 0.143. The fourth-order valence-corrected chi connectivity index (χ4v) is 1.85. The van der Waals surface area contributed by atoms with Gasteiger partial charge in [-0.05, 0) is 36.2 Å². The SMILES string of the molecule is O=C(NCCc1cccc(Cl)c1)c1cccc(F)n1. The highest BCUT2D eigenvalue weighted by molar-refractivity contribution is 6.30. The van der Waals surface area contributed by atoms with E-state index >= 15 is 0 Å². The molecule has 3 nitrogen and oxygen atoms in total. The van der Waals surface area contributed by atoms with Gasteiger partial charge in [0.2, 0.25) is 5.95 Å². The largest absolute Gasteiger partial charge is 0.350 e. The van der Waals surface area contributed by atoms with Crippen molar-refractivity contribution in [3.63, 3.8) is 0 Å². The number of hydrogen-bond acceptors (Lipinski definition) is 2. The molecule has 2 aromatic rings. The number of aromatic nitrogens is 1. The average Bonchev–Trinajstić information content (AvgIpc) is 2.38. The van der Waals surface area contributed by atoms with Gasteiger partial charge in [0.15, 0.2) is 0 Å². The molecule has 19 heavy (non-hydrogen) atoms. The number of amides is 1. The van der Waals surface area contributed by atoms with E-state index in [4.69, 9.17) is 11.6 Å². The molecular weight excluding hydrogens is 267 g/mol. The summed E-state index contributed by atoms with van der Waals surface area (Å²) in [5, 5.41) is 3.35. The molecule has 1 aromatic heterocycles. The van der Waals surface area contributed by atoms with Gasteiger partial charge in [-0.2, -0.15) is 4.39 Å². The van der Waals surface area contributed by atoms with Gasteiger partial charge in [0.1, 0.15) is 5.69 Å². The van der Waals surface area contributed by atoms with Crippen LogP contribution in [-0.2, 0) is 6.42 Å². The van der Waals surface area contributed by atoms with E-state index in [2.05, 4.69) is 10.3 Å². The molecule has 0 unspecified atom stereocenters. The molecule has 1 N–H and O–H groups in total. The first-order valence-corrected chi connectivity index (χ1v) is 6.18. The Balaban J connectivity index is 1.87. The number of carbonyl (C=O) groups excluding carboxylic acids is 1. The summed E-state index contributed by atoms with van der Waals surface area (Å²) in [6.07, 6.45) is 0.654. The lowest BCUT2D eigenvalue weighted by Gasteiger charge is -2.05. The topological polar surface area (TPSA) is 42.0 Å². The van der Waals surface area contributed by atoms with Crippen LogP contribution in [0, 0.1) is 5.95 Å². The molecule has 0 bridgehead atoms. The summed E-state index contributed by atoms with van der Waals surface area (Å²) in [5.74, 6) is -1.05. The van der Waals surface area contributed by atoms with Gasteiger partial charge in [0, 0.05) is 11.6 Å². The monoisotopic (exact) mass is 278 g/mol. The minimum atomic E-state index is -0.664. The maximum atomic E-state index is 12.9. The normalized spacial score (nSPS) is 10.2. The standard InChI is InChI=1S/C14H12ClFN2O/c15-11-4-1-3-10(9-11)7-8-17-14(19)12-5-2-6-13(16)18-12/h1-6,9H,7-8H2,(H,17,19). The number of hydrogen-bond donors (Lipinski definition) is 1. The minimum Gasteiger partial charge on any atom is -0.350 e. The lowest BCUT2D eigenvalue weighted by atomic mass is 10.1. The zero-order chi connectivity index (χ0) is 13.7. The number of carbonyl (C=O) groups is 1. The number of nitrogens with zero attached hydrogens (tertiary/aromatic N) is 1. The van der Waals surface area contributed by atoms with Crippen molar-refractivity contribution in [1.29, 1.82) is 0 Å². The summed E-state index contributed by atoms with van der Waals surface area (Å²) in [7, 11) is 0. The van der Waals surface area contributed by atoms with E-state index in [9.17, 15) is 9.18 Å². The molecule has 0 fully saturated rings. The van der Waals surface area contributed by atoms with Gasteiger partial charge in [0.05, 0.1) is 0 Å². The summed E-state index contributed by atoms with van der Waals surface area (Å²) in [6, 6.07) is 11.5. The van der Waals surface area contributed by atoms with Gasteiger partial charge in [-0.1, -0.05) is 29.8 Å². The number of benzene rings is 1. The van der Waals surface area contributed by atoms with Crippen LogP contribution in [0.4, 0.5) is 4.39 Å². The first-order chi connectivity index (χ1) is 9.15. The van der Waals surface area contributed by atoms with Crippen LogP contribution in [0.5, 0.6) is 0 Å². The van der Waals surface area contributed by atoms with E-state index in [0.717, 1.165) is 5.56 Å². The molecule has 0 aliphatic carbocycles. The molecule has 1 amide bonds. The van der Waals surface area contributed by atoms with Crippen molar-refractivity contribution in [3.05, 3.63) is 64.7 Å². The fourth-order valence-electron chi connectivity index (χ4n) is 1.64. The second-order valence-corrected chi connectivity index (χ2v) is 4.42. The molecule has 1 heterocycles. The predicted octanol–water partition coefficient (Wildman–Crippen LogP) is 2.85. The van der Waals surface area contributed by atoms with Crippen molar-refractivity contribution in [2.45, 2.75) is 6.42 Å². The quantitative estimate of drug-likeness (QED) is 0.874. The highest BCUT2D eigenvalue weighted by Crippen LogP contribution is 2.10. The lowest BCUT2D eigenvalue weighted by molar-refractivity contribution is 0.0948. The molecule has 0 radical (unpaired) electrons. The first-order valence-electron chi connectivity index (χ1n) is 5.80. The molecule has 0 aliphatic rings. The third-order valence-electron chi connectivity index (χ3n) is 2.54. The summed E-state index contributed by atoms with van der Waals surface area (Å²) in [4.78, 5) is 15.2. The van der Waals surface area contributed by atoms with Crippen LogP contribution in [0.25, 0.3) is 0 Å². The molecule has 5 heteroatoms. The van der Waals surface area contributed by atoms with Crippen LogP contribution in [-0.4, -0.2) is 17.4 Å². The highest BCUT2D eigenvalue weighted by Gasteiger charge is 2.07. The summed E-state index contributed by atoms with van der Waals surface area (Å²) < 4.78 is 12.9. The van der Waals surface area contributed by atoms with E-state index in [1.54, 1.807) is 6.07 Å². The highest BCUT2D eigenvalue weighted by atomic mass is 35.5. The molecule has 98 valence electrons. The third kappa shape index (κ3) is 4.03. The van der Waals surface area contributed by atoms with Crippen molar-refractivity contribution in [2.24, 2.45) is 0 Å². The van der Waals surface area contributed by atoms with Gasteiger partial charge in [-0.25, -0.2) is 4.98 Å². The molecule has 1 aromatic carbocycles. The average molecular weight is 279 g/mol. The van der Waals surface area contributed by atoms with Crippen LogP contribution in [0.1, 0.15) is 16.1 Å². The van der Waals surface area contributed by atoms with E-state index in [-0.39, 0.29) is 11.6 Å². The Kier molecular flexibility index (Phi) is 4.47. The van der Waals surface area contributed by atoms with Gasteiger partial charge in [-0.3, -0.25) is 4.79 Å². The van der Waals surface area contributed by atoms with Gasteiger partial charge in [0.25, 0.3) is 5.91 Å². The molecular formula is C14H12ClFN2O. The van der Waals surface area contributed by atoms with E-state index in [1.165, 1.54) is 18.2 Å².